The summed E-state index contributed by atoms with van der Waals surface area (Å²) < 4.78 is 5.70. The van der Waals surface area contributed by atoms with Crippen molar-refractivity contribution in [3.8, 4) is 0 Å². The monoisotopic (exact) mass is 374 g/mol. The predicted molar refractivity (Wildman–Crippen MR) is 108 cm³/mol. The molecule has 0 atom stereocenters. The maximum Gasteiger partial charge on any atom is 0.339 e. The molecule has 0 bridgehead atoms. The number of carboxylic acid groups (broad SMARTS) is 1. The summed E-state index contributed by atoms with van der Waals surface area (Å²) in [6.45, 7) is 6.22. The number of benzene rings is 1. The number of carbonyl (C=O) groups is 2. The standard InChI is InChI=1S/C23H34O4/c1-4-6-13-18-16(3)15-20(21(22(24)25)19(18)14-7-5-2)23(26)27-17-11-9-8-10-12-17/h15,17H,4-14H2,1-3H3,(H,24,25). The summed E-state index contributed by atoms with van der Waals surface area (Å²) in [6.07, 6.45) is 10.5. The Morgan fingerprint density at radius 3 is 2.19 bits per heavy atom. The third-order valence-electron chi connectivity index (χ3n) is 5.59. The summed E-state index contributed by atoms with van der Waals surface area (Å²) in [5.41, 5.74) is 3.36. The fourth-order valence-corrected chi connectivity index (χ4v) is 4.06. The number of esters is 1. The van der Waals surface area contributed by atoms with Crippen LogP contribution in [0.25, 0.3) is 0 Å². The number of aryl methyl sites for hydroxylation is 1. The van der Waals surface area contributed by atoms with Crippen molar-refractivity contribution >= 4 is 11.9 Å². The molecular weight excluding hydrogens is 340 g/mol. The van der Waals surface area contributed by atoms with Gasteiger partial charge in [0.2, 0.25) is 0 Å². The lowest BCUT2D eigenvalue weighted by atomic mass is 9.86. The number of rotatable bonds is 9. The van der Waals surface area contributed by atoms with Crippen molar-refractivity contribution in [1.29, 1.82) is 0 Å². The average Bonchev–Trinajstić information content (AvgIpc) is 2.65. The maximum absolute atomic E-state index is 12.9. The zero-order valence-electron chi connectivity index (χ0n) is 17.1. The second-order valence-corrected chi connectivity index (χ2v) is 7.75. The van der Waals surface area contributed by atoms with E-state index in [-0.39, 0.29) is 17.2 Å². The van der Waals surface area contributed by atoms with Gasteiger partial charge in [0, 0.05) is 0 Å². The van der Waals surface area contributed by atoms with Crippen molar-refractivity contribution in [3.05, 3.63) is 33.9 Å². The quantitative estimate of drug-likeness (QED) is 0.549. The Morgan fingerprint density at radius 2 is 1.63 bits per heavy atom. The Kier molecular flexibility index (Phi) is 8.33. The van der Waals surface area contributed by atoms with E-state index in [2.05, 4.69) is 13.8 Å². The topological polar surface area (TPSA) is 63.6 Å². The van der Waals surface area contributed by atoms with Gasteiger partial charge in [-0.05, 0) is 81.0 Å². The smallest absolute Gasteiger partial charge is 0.339 e. The zero-order valence-corrected chi connectivity index (χ0v) is 17.1. The van der Waals surface area contributed by atoms with Crippen LogP contribution in [-0.2, 0) is 17.6 Å². The first kappa shape index (κ1) is 21.5. The molecule has 1 aliphatic carbocycles. The molecule has 0 radical (unpaired) electrons. The molecule has 2 rings (SSSR count). The van der Waals surface area contributed by atoms with Gasteiger partial charge in [0.15, 0.2) is 0 Å². The Balaban J connectivity index is 2.43. The second-order valence-electron chi connectivity index (χ2n) is 7.75. The lowest BCUT2D eigenvalue weighted by Crippen LogP contribution is -2.23. The molecule has 0 aromatic heterocycles. The van der Waals surface area contributed by atoms with Gasteiger partial charge >= 0.3 is 11.9 Å². The summed E-state index contributed by atoms with van der Waals surface area (Å²) in [7, 11) is 0. The van der Waals surface area contributed by atoms with E-state index in [1.807, 2.05) is 6.92 Å². The number of carboxylic acids is 1. The molecular formula is C23H34O4. The molecule has 1 fully saturated rings. The second kappa shape index (κ2) is 10.5. The molecule has 4 heteroatoms. The highest BCUT2D eigenvalue weighted by atomic mass is 16.5. The molecule has 0 saturated heterocycles. The van der Waals surface area contributed by atoms with Crippen LogP contribution in [0.1, 0.15) is 109 Å². The highest BCUT2D eigenvalue weighted by Gasteiger charge is 2.27. The minimum Gasteiger partial charge on any atom is -0.478 e. The molecule has 0 spiro atoms. The van der Waals surface area contributed by atoms with Crippen LogP contribution in [-0.4, -0.2) is 23.1 Å². The first-order valence-corrected chi connectivity index (χ1v) is 10.6. The largest absolute Gasteiger partial charge is 0.478 e. The molecule has 4 nitrogen and oxygen atoms in total. The van der Waals surface area contributed by atoms with Gasteiger partial charge in [0.25, 0.3) is 0 Å². The number of carbonyl (C=O) groups excluding carboxylic acids is 1. The van der Waals surface area contributed by atoms with Gasteiger partial charge in [0.05, 0.1) is 11.1 Å². The number of aromatic carboxylic acids is 1. The summed E-state index contributed by atoms with van der Waals surface area (Å²) in [6, 6.07) is 1.75. The van der Waals surface area contributed by atoms with E-state index in [4.69, 9.17) is 4.74 Å². The molecule has 150 valence electrons. The van der Waals surface area contributed by atoms with Gasteiger partial charge in [-0.15, -0.1) is 0 Å². The molecule has 1 aromatic carbocycles. The molecule has 0 aliphatic heterocycles. The average molecular weight is 375 g/mol. The van der Waals surface area contributed by atoms with Crippen molar-refractivity contribution in [3.63, 3.8) is 0 Å². The minimum atomic E-state index is -1.02. The third-order valence-corrected chi connectivity index (χ3v) is 5.59. The Morgan fingerprint density at radius 1 is 1.04 bits per heavy atom. The predicted octanol–water partition coefficient (Wildman–Crippen LogP) is 5.87. The number of hydrogen-bond acceptors (Lipinski definition) is 3. The summed E-state index contributed by atoms with van der Waals surface area (Å²) in [4.78, 5) is 25.0. The normalized spacial score (nSPS) is 14.9. The maximum atomic E-state index is 12.9. The van der Waals surface area contributed by atoms with Gasteiger partial charge < -0.3 is 9.84 Å². The van der Waals surface area contributed by atoms with Crippen molar-refractivity contribution in [2.45, 2.75) is 97.5 Å². The van der Waals surface area contributed by atoms with Gasteiger partial charge in [-0.1, -0.05) is 33.1 Å². The Bertz CT molecular complexity index is 657. The van der Waals surface area contributed by atoms with Gasteiger partial charge in [-0.25, -0.2) is 9.59 Å². The zero-order chi connectivity index (χ0) is 19.8. The SMILES string of the molecule is CCCCc1c(C)cc(C(=O)OC2CCCCC2)c(C(=O)O)c1CCCC. The lowest BCUT2D eigenvalue weighted by Gasteiger charge is -2.23. The van der Waals surface area contributed by atoms with Crippen molar-refractivity contribution in [2.24, 2.45) is 0 Å². The summed E-state index contributed by atoms with van der Waals surface area (Å²) in [5.74, 6) is -1.49. The van der Waals surface area contributed by atoms with E-state index in [1.54, 1.807) is 6.07 Å². The van der Waals surface area contributed by atoms with E-state index in [0.29, 0.717) is 6.42 Å². The molecule has 1 aromatic rings. The fraction of sp³-hybridized carbons (Fsp3) is 0.652. The van der Waals surface area contributed by atoms with Crippen molar-refractivity contribution < 1.29 is 19.4 Å². The molecule has 0 amide bonds. The van der Waals surface area contributed by atoms with E-state index in [1.165, 1.54) is 6.42 Å². The van der Waals surface area contributed by atoms with Crippen LogP contribution >= 0.6 is 0 Å². The molecule has 27 heavy (non-hydrogen) atoms. The van der Waals surface area contributed by atoms with E-state index < -0.39 is 11.9 Å². The van der Waals surface area contributed by atoms with Gasteiger partial charge in [-0.2, -0.15) is 0 Å². The summed E-state index contributed by atoms with van der Waals surface area (Å²) >= 11 is 0. The van der Waals surface area contributed by atoms with Gasteiger partial charge in [0.1, 0.15) is 6.10 Å². The molecule has 0 heterocycles. The molecule has 0 unspecified atom stereocenters. The van der Waals surface area contributed by atoms with Crippen LogP contribution < -0.4 is 0 Å². The number of ether oxygens (including phenoxy) is 1. The van der Waals surface area contributed by atoms with Gasteiger partial charge in [-0.3, -0.25) is 0 Å². The Labute approximate surface area is 163 Å². The highest BCUT2D eigenvalue weighted by molar-refractivity contribution is 6.04. The molecule has 1 saturated carbocycles. The van der Waals surface area contributed by atoms with E-state index in [9.17, 15) is 14.7 Å². The van der Waals surface area contributed by atoms with Crippen LogP contribution in [0, 0.1) is 6.92 Å². The summed E-state index contributed by atoms with van der Waals surface area (Å²) in [5, 5.41) is 9.93. The highest BCUT2D eigenvalue weighted by Crippen LogP contribution is 2.29. The van der Waals surface area contributed by atoms with Crippen molar-refractivity contribution in [2.75, 3.05) is 0 Å². The van der Waals surface area contributed by atoms with Crippen molar-refractivity contribution in [1.82, 2.24) is 0 Å². The molecule has 1 aliphatic rings. The first-order valence-electron chi connectivity index (χ1n) is 10.6. The fourth-order valence-electron chi connectivity index (χ4n) is 4.06. The van der Waals surface area contributed by atoms with E-state index in [0.717, 1.165) is 74.5 Å². The Hall–Kier alpha value is -1.84. The first-order chi connectivity index (χ1) is 13.0. The minimum absolute atomic E-state index is 0.0768. The van der Waals surface area contributed by atoms with Crippen LogP contribution in [0.2, 0.25) is 0 Å². The van der Waals surface area contributed by atoms with Crippen LogP contribution in [0.3, 0.4) is 0 Å². The number of hydrogen-bond donors (Lipinski definition) is 1. The van der Waals surface area contributed by atoms with E-state index >= 15 is 0 Å². The third kappa shape index (κ3) is 5.57. The lowest BCUT2D eigenvalue weighted by molar-refractivity contribution is 0.0206. The number of unbranched alkanes of at least 4 members (excludes halogenated alkanes) is 2. The van der Waals surface area contributed by atoms with Crippen LogP contribution in [0.4, 0.5) is 0 Å². The van der Waals surface area contributed by atoms with Crippen LogP contribution in [0.5, 0.6) is 0 Å². The van der Waals surface area contributed by atoms with Crippen LogP contribution in [0.15, 0.2) is 6.07 Å². The molecule has 1 N–H and O–H groups in total.